The molecule has 1 heterocycles. The molecule has 0 radical (unpaired) electrons. The van der Waals surface area contributed by atoms with Crippen LogP contribution in [0.25, 0.3) is 0 Å². The summed E-state index contributed by atoms with van der Waals surface area (Å²) in [6.45, 7) is 6.57. The number of aryl methyl sites for hydroxylation is 1. The van der Waals surface area contributed by atoms with Gasteiger partial charge in [-0.3, -0.25) is 9.59 Å². The van der Waals surface area contributed by atoms with E-state index in [0.717, 1.165) is 11.3 Å². The van der Waals surface area contributed by atoms with Crippen molar-refractivity contribution in [1.82, 2.24) is 4.31 Å². The molecule has 7 heteroatoms. The highest BCUT2D eigenvalue weighted by atomic mass is 32.2. The second-order valence-electron chi connectivity index (χ2n) is 7.63. The van der Waals surface area contributed by atoms with Gasteiger partial charge in [-0.15, -0.1) is 0 Å². The van der Waals surface area contributed by atoms with Crippen LogP contribution in [0, 0.1) is 12.8 Å². The minimum absolute atomic E-state index is 0.0506. The molecular formula is C23H28N2O4S. The average molecular weight is 429 g/mol. The number of carbonyl (C=O) groups excluding carboxylic acids is 2. The van der Waals surface area contributed by atoms with E-state index in [1.807, 2.05) is 38.1 Å². The van der Waals surface area contributed by atoms with Crippen molar-refractivity contribution in [3.8, 4) is 0 Å². The van der Waals surface area contributed by atoms with E-state index >= 15 is 0 Å². The van der Waals surface area contributed by atoms with Crippen molar-refractivity contribution in [2.45, 2.75) is 38.5 Å². The van der Waals surface area contributed by atoms with Crippen molar-refractivity contribution in [2.75, 3.05) is 24.5 Å². The van der Waals surface area contributed by atoms with Gasteiger partial charge in [-0.2, -0.15) is 4.31 Å². The van der Waals surface area contributed by atoms with Gasteiger partial charge in [-0.1, -0.05) is 30.3 Å². The smallest absolute Gasteiger partial charge is 0.243 e. The van der Waals surface area contributed by atoms with Gasteiger partial charge in [0.05, 0.1) is 4.90 Å². The number of ketones is 1. The Morgan fingerprint density at radius 3 is 2.17 bits per heavy atom. The fourth-order valence-corrected chi connectivity index (χ4v) is 5.36. The lowest BCUT2D eigenvalue weighted by molar-refractivity contribution is -0.123. The van der Waals surface area contributed by atoms with Crippen molar-refractivity contribution < 1.29 is 18.0 Å². The van der Waals surface area contributed by atoms with E-state index in [0.29, 0.717) is 38.0 Å². The first-order chi connectivity index (χ1) is 14.3. The zero-order valence-corrected chi connectivity index (χ0v) is 18.5. The zero-order valence-electron chi connectivity index (χ0n) is 17.7. The van der Waals surface area contributed by atoms with Gasteiger partial charge in [0.2, 0.25) is 15.9 Å². The molecule has 0 bridgehead atoms. The number of hydrogen-bond acceptors (Lipinski definition) is 4. The second-order valence-corrected chi connectivity index (χ2v) is 9.57. The molecule has 0 atom stereocenters. The predicted octanol–water partition coefficient (Wildman–Crippen LogP) is 3.65. The maximum atomic E-state index is 13.1. The largest absolute Gasteiger partial charge is 0.312 e. The van der Waals surface area contributed by atoms with Crippen molar-refractivity contribution in [1.29, 1.82) is 0 Å². The topological polar surface area (TPSA) is 74.8 Å². The van der Waals surface area contributed by atoms with Crippen molar-refractivity contribution >= 4 is 27.4 Å². The van der Waals surface area contributed by atoms with E-state index < -0.39 is 10.0 Å². The Morgan fingerprint density at radius 1 is 1.03 bits per heavy atom. The van der Waals surface area contributed by atoms with Crippen LogP contribution in [-0.4, -0.2) is 44.0 Å². The lowest BCUT2D eigenvalue weighted by Crippen LogP contribution is -2.44. The van der Waals surface area contributed by atoms with Crippen LogP contribution in [0.1, 0.15) is 42.6 Å². The molecule has 0 N–H and O–H groups in total. The summed E-state index contributed by atoms with van der Waals surface area (Å²) in [5.41, 5.74) is 2.43. The molecular weight excluding hydrogens is 400 g/mol. The molecule has 6 nitrogen and oxygen atoms in total. The Morgan fingerprint density at radius 2 is 1.63 bits per heavy atom. The van der Waals surface area contributed by atoms with Gasteiger partial charge in [0.15, 0.2) is 5.78 Å². The highest BCUT2D eigenvalue weighted by molar-refractivity contribution is 7.89. The molecule has 1 fully saturated rings. The molecule has 3 rings (SSSR count). The number of benzene rings is 2. The van der Waals surface area contributed by atoms with Crippen LogP contribution >= 0.6 is 0 Å². The fourth-order valence-electron chi connectivity index (χ4n) is 3.89. The first-order valence-electron chi connectivity index (χ1n) is 10.2. The number of para-hydroxylation sites is 1. The van der Waals surface area contributed by atoms with Crippen molar-refractivity contribution in [3.05, 3.63) is 59.7 Å². The summed E-state index contributed by atoms with van der Waals surface area (Å²) in [5.74, 6) is -0.252. The van der Waals surface area contributed by atoms with Crippen LogP contribution in [0.4, 0.5) is 5.69 Å². The molecule has 1 aliphatic heterocycles. The minimum atomic E-state index is -3.64. The van der Waals surface area contributed by atoms with E-state index in [9.17, 15) is 18.0 Å². The summed E-state index contributed by atoms with van der Waals surface area (Å²) in [7, 11) is -3.64. The van der Waals surface area contributed by atoms with Gasteiger partial charge in [-0.05, 0) is 57.4 Å². The van der Waals surface area contributed by atoms with Crippen LogP contribution in [0.5, 0.6) is 0 Å². The van der Waals surface area contributed by atoms with E-state index in [1.165, 1.54) is 35.5 Å². The molecule has 30 heavy (non-hydrogen) atoms. The Labute approximate surface area is 178 Å². The maximum absolute atomic E-state index is 13.1. The minimum Gasteiger partial charge on any atom is -0.312 e. The Balaban J connectivity index is 1.69. The standard InChI is InChI=1S/C23H28N2O4S/c1-4-25(22-8-6-5-7-17(22)2)23(27)20-13-15-24(16-14-20)30(28,29)21-11-9-19(10-12-21)18(3)26/h5-12,20H,4,13-16H2,1-3H3. The molecule has 0 saturated carbocycles. The molecule has 160 valence electrons. The third-order valence-electron chi connectivity index (χ3n) is 5.69. The number of Topliss-reactive ketones (excluding diaryl/α,β-unsaturated/α-hetero) is 1. The number of carbonyl (C=O) groups is 2. The number of rotatable bonds is 6. The number of amides is 1. The second kappa shape index (κ2) is 9.10. The van der Waals surface area contributed by atoms with Gasteiger partial charge in [0.1, 0.15) is 0 Å². The molecule has 0 aliphatic carbocycles. The first-order valence-corrected chi connectivity index (χ1v) is 11.7. The molecule has 0 aromatic heterocycles. The third kappa shape index (κ3) is 4.47. The lowest BCUT2D eigenvalue weighted by Gasteiger charge is -2.33. The normalized spacial score (nSPS) is 15.7. The van der Waals surface area contributed by atoms with E-state index in [-0.39, 0.29) is 22.5 Å². The Kier molecular flexibility index (Phi) is 6.73. The third-order valence-corrected chi connectivity index (χ3v) is 7.60. The van der Waals surface area contributed by atoms with Gasteiger partial charge >= 0.3 is 0 Å². The molecule has 1 aliphatic rings. The quantitative estimate of drug-likeness (QED) is 0.658. The summed E-state index contributed by atoms with van der Waals surface area (Å²) in [6, 6.07) is 13.8. The number of piperidine rings is 1. The molecule has 1 saturated heterocycles. The van der Waals surface area contributed by atoms with E-state index in [2.05, 4.69) is 0 Å². The van der Waals surface area contributed by atoms with Crippen molar-refractivity contribution in [2.24, 2.45) is 5.92 Å². The van der Waals surface area contributed by atoms with Crippen LogP contribution in [0.15, 0.2) is 53.4 Å². The Hall–Kier alpha value is -2.51. The van der Waals surface area contributed by atoms with Crippen molar-refractivity contribution in [3.63, 3.8) is 0 Å². The molecule has 0 unspecified atom stereocenters. The van der Waals surface area contributed by atoms with Gasteiger partial charge in [0.25, 0.3) is 0 Å². The van der Waals surface area contributed by atoms with Crippen LogP contribution < -0.4 is 4.90 Å². The lowest BCUT2D eigenvalue weighted by atomic mass is 9.96. The van der Waals surface area contributed by atoms with Crippen LogP contribution in [0.2, 0.25) is 0 Å². The number of nitrogens with zero attached hydrogens (tertiary/aromatic N) is 2. The van der Waals surface area contributed by atoms with Gasteiger partial charge < -0.3 is 4.90 Å². The van der Waals surface area contributed by atoms with E-state index in [1.54, 1.807) is 4.90 Å². The summed E-state index contributed by atoms with van der Waals surface area (Å²) >= 11 is 0. The molecule has 2 aromatic rings. The summed E-state index contributed by atoms with van der Waals surface area (Å²) in [4.78, 5) is 26.5. The highest BCUT2D eigenvalue weighted by Crippen LogP contribution is 2.28. The van der Waals surface area contributed by atoms with E-state index in [4.69, 9.17) is 0 Å². The molecule has 0 spiro atoms. The zero-order chi connectivity index (χ0) is 21.9. The predicted molar refractivity (Wildman–Crippen MR) is 117 cm³/mol. The summed E-state index contributed by atoms with van der Waals surface area (Å²) in [6.07, 6.45) is 0.984. The first kappa shape index (κ1) is 22.2. The number of anilines is 1. The average Bonchev–Trinajstić information content (AvgIpc) is 2.75. The maximum Gasteiger partial charge on any atom is 0.243 e. The van der Waals surface area contributed by atoms with Crippen LogP contribution in [-0.2, 0) is 14.8 Å². The van der Waals surface area contributed by atoms with Gasteiger partial charge in [-0.25, -0.2) is 8.42 Å². The summed E-state index contributed by atoms with van der Waals surface area (Å²) in [5, 5.41) is 0. The van der Waals surface area contributed by atoms with Crippen LogP contribution in [0.3, 0.4) is 0 Å². The Bertz CT molecular complexity index is 1020. The molecule has 1 amide bonds. The number of hydrogen-bond donors (Lipinski definition) is 0. The van der Waals surface area contributed by atoms with Gasteiger partial charge in [0, 0.05) is 36.8 Å². The monoisotopic (exact) mass is 428 g/mol. The highest BCUT2D eigenvalue weighted by Gasteiger charge is 2.34. The summed E-state index contributed by atoms with van der Waals surface area (Å²) < 4.78 is 27.3. The molecule has 2 aromatic carbocycles. The SMILES string of the molecule is CCN(C(=O)C1CCN(S(=O)(=O)c2ccc(C(C)=O)cc2)CC1)c1ccccc1C. The number of sulfonamides is 1. The fraction of sp³-hybridized carbons (Fsp3) is 0.391.